The Morgan fingerprint density at radius 1 is 0.957 bits per heavy atom. The Hall–Kier alpha value is -2.55. The fourth-order valence-electron chi connectivity index (χ4n) is 3.60. The predicted octanol–water partition coefficient (Wildman–Crippen LogP) is 4.86. The number of aromatic amines is 1. The van der Waals surface area contributed by atoms with Gasteiger partial charge in [0.05, 0.1) is 11.2 Å². The van der Waals surface area contributed by atoms with Crippen molar-refractivity contribution in [2.75, 3.05) is 5.32 Å². The molecule has 116 valence electrons. The van der Waals surface area contributed by atoms with E-state index >= 15 is 0 Å². The summed E-state index contributed by atoms with van der Waals surface area (Å²) < 4.78 is 0. The summed E-state index contributed by atoms with van der Waals surface area (Å²) in [4.78, 5) is 14.8. The summed E-state index contributed by atoms with van der Waals surface area (Å²) in [6.07, 6.45) is 0. The molecule has 0 saturated heterocycles. The quantitative estimate of drug-likeness (QED) is 0.674. The van der Waals surface area contributed by atoms with E-state index in [4.69, 9.17) is 0 Å². The van der Waals surface area contributed by atoms with Crippen LogP contribution in [0.15, 0.2) is 47.3 Å². The second kappa shape index (κ2) is 4.98. The van der Waals surface area contributed by atoms with Crippen molar-refractivity contribution in [3.63, 3.8) is 0 Å². The molecule has 1 atom stereocenters. The summed E-state index contributed by atoms with van der Waals surface area (Å²) in [5, 5.41) is 4.67. The van der Waals surface area contributed by atoms with E-state index in [1.54, 1.807) is 6.07 Å². The van der Waals surface area contributed by atoms with Crippen LogP contribution in [0.4, 0.5) is 11.4 Å². The van der Waals surface area contributed by atoms with Crippen molar-refractivity contribution in [3.05, 3.63) is 69.5 Å². The van der Waals surface area contributed by atoms with Gasteiger partial charge >= 0.3 is 0 Å². The van der Waals surface area contributed by atoms with Gasteiger partial charge in [0.1, 0.15) is 0 Å². The number of para-hydroxylation sites is 1. The fourth-order valence-corrected chi connectivity index (χ4v) is 3.60. The van der Waals surface area contributed by atoms with Crippen molar-refractivity contribution in [1.29, 1.82) is 0 Å². The molecule has 3 aromatic rings. The average molecular weight is 304 g/mol. The molecule has 1 unspecified atom stereocenters. The summed E-state index contributed by atoms with van der Waals surface area (Å²) in [6.45, 7) is 6.65. The molecule has 2 aromatic carbocycles. The smallest absolute Gasteiger partial charge is 0.248 e. The van der Waals surface area contributed by atoms with Crippen LogP contribution in [0.2, 0.25) is 0 Å². The van der Waals surface area contributed by atoms with Crippen LogP contribution < -0.4 is 10.9 Å². The Morgan fingerprint density at radius 2 is 1.70 bits per heavy atom. The van der Waals surface area contributed by atoms with E-state index in [0.29, 0.717) is 11.8 Å². The summed E-state index contributed by atoms with van der Waals surface area (Å²) in [5.74, 6) is 0.744. The standard InChI is InChI=1S/C20H20N2O/c1-11(2)14-5-4-6-15-12(3)16-9-7-13-8-10-17(23)21-18(13)20(16)22-19(14)15/h4-12,22H,1-3H3,(H,21,23). The van der Waals surface area contributed by atoms with Gasteiger partial charge in [-0.2, -0.15) is 0 Å². The van der Waals surface area contributed by atoms with Gasteiger partial charge in [0.25, 0.3) is 0 Å². The number of benzene rings is 2. The first-order chi connectivity index (χ1) is 11.1. The lowest BCUT2D eigenvalue weighted by atomic mass is 9.83. The van der Waals surface area contributed by atoms with Crippen LogP contribution in [0.3, 0.4) is 0 Å². The second-order valence-corrected chi connectivity index (χ2v) is 6.63. The van der Waals surface area contributed by atoms with Gasteiger partial charge in [0.15, 0.2) is 0 Å². The van der Waals surface area contributed by atoms with Crippen molar-refractivity contribution in [2.24, 2.45) is 0 Å². The lowest BCUT2D eigenvalue weighted by molar-refractivity contribution is 0.848. The number of nitrogens with one attached hydrogen (secondary N) is 2. The van der Waals surface area contributed by atoms with Crippen molar-refractivity contribution in [1.82, 2.24) is 4.98 Å². The van der Waals surface area contributed by atoms with Gasteiger partial charge in [-0.05, 0) is 28.7 Å². The molecule has 0 amide bonds. The number of pyridine rings is 1. The number of aromatic nitrogens is 1. The molecule has 0 saturated carbocycles. The minimum Gasteiger partial charge on any atom is -0.353 e. The van der Waals surface area contributed by atoms with E-state index in [-0.39, 0.29) is 5.56 Å². The largest absolute Gasteiger partial charge is 0.353 e. The molecule has 0 fully saturated rings. The molecule has 1 aliphatic heterocycles. The summed E-state index contributed by atoms with van der Waals surface area (Å²) >= 11 is 0. The third-order valence-electron chi connectivity index (χ3n) is 4.87. The minimum absolute atomic E-state index is 0.0664. The van der Waals surface area contributed by atoms with Crippen molar-refractivity contribution < 1.29 is 0 Å². The number of H-pyrrole nitrogens is 1. The maximum absolute atomic E-state index is 11.8. The number of rotatable bonds is 1. The fraction of sp³-hybridized carbons (Fsp3) is 0.250. The third kappa shape index (κ3) is 2.07. The van der Waals surface area contributed by atoms with Crippen LogP contribution >= 0.6 is 0 Å². The molecule has 23 heavy (non-hydrogen) atoms. The molecule has 3 nitrogen and oxygen atoms in total. The van der Waals surface area contributed by atoms with E-state index in [2.05, 4.69) is 61.4 Å². The first-order valence-corrected chi connectivity index (χ1v) is 8.12. The summed E-state index contributed by atoms with van der Waals surface area (Å²) in [6, 6.07) is 14.2. The molecule has 4 rings (SSSR count). The third-order valence-corrected chi connectivity index (χ3v) is 4.87. The Balaban J connectivity index is 2.02. The number of hydrogen-bond acceptors (Lipinski definition) is 2. The zero-order chi connectivity index (χ0) is 16.1. The van der Waals surface area contributed by atoms with Gasteiger partial charge in [-0.25, -0.2) is 0 Å². The number of hydrogen-bond donors (Lipinski definition) is 2. The molecule has 0 spiro atoms. The summed E-state index contributed by atoms with van der Waals surface area (Å²) in [7, 11) is 0. The van der Waals surface area contributed by atoms with Gasteiger partial charge < -0.3 is 10.3 Å². The monoisotopic (exact) mass is 304 g/mol. The Kier molecular flexibility index (Phi) is 3.05. The van der Waals surface area contributed by atoms with Crippen LogP contribution in [-0.4, -0.2) is 4.98 Å². The molecular weight excluding hydrogens is 284 g/mol. The molecule has 0 radical (unpaired) electrons. The number of anilines is 2. The van der Waals surface area contributed by atoms with E-state index in [0.717, 1.165) is 16.6 Å². The Bertz CT molecular complexity index is 969. The Labute approximate surface area is 135 Å². The summed E-state index contributed by atoms with van der Waals surface area (Å²) in [5.41, 5.74) is 6.92. The van der Waals surface area contributed by atoms with Crippen molar-refractivity contribution in [2.45, 2.75) is 32.6 Å². The first kappa shape index (κ1) is 14.1. The molecule has 2 N–H and O–H groups in total. The normalized spacial score (nSPS) is 16.1. The van der Waals surface area contributed by atoms with Crippen LogP contribution in [0.1, 0.15) is 49.3 Å². The highest BCUT2D eigenvalue weighted by molar-refractivity contribution is 5.96. The SMILES string of the molecule is CC(C)c1cccc2c1Nc1c(ccc3ccc(=O)[nH]c13)C2C. The topological polar surface area (TPSA) is 44.9 Å². The zero-order valence-corrected chi connectivity index (χ0v) is 13.6. The van der Waals surface area contributed by atoms with E-state index < -0.39 is 0 Å². The highest BCUT2D eigenvalue weighted by atomic mass is 16.1. The lowest BCUT2D eigenvalue weighted by Crippen LogP contribution is -2.15. The maximum atomic E-state index is 11.8. The predicted molar refractivity (Wildman–Crippen MR) is 95.9 cm³/mol. The van der Waals surface area contributed by atoms with E-state index in [1.807, 2.05) is 6.07 Å². The van der Waals surface area contributed by atoms with E-state index in [1.165, 1.54) is 22.4 Å². The Morgan fingerprint density at radius 3 is 2.48 bits per heavy atom. The highest BCUT2D eigenvalue weighted by Gasteiger charge is 2.26. The zero-order valence-electron chi connectivity index (χ0n) is 13.6. The maximum Gasteiger partial charge on any atom is 0.248 e. The van der Waals surface area contributed by atoms with Gasteiger partial charge in [-0.15, -0.1) is 0 Å². The molecule has 0 aliphatic carbocycles. The van der Waals surface area contributed by atoms with Gasteiger partial charge in [0.2, 0.25) is 5.56 Å². The highest BCUT2D eigenvalue weighted by Crippen LogP contribution is 2.45. The molecule has 1 aromatic heterocycles. The van der Waals surface area contributed by atoms with Crippen LogP contribution in [0.5, 0.6) is 0 Å². The average Bonchev–Trinajstić information content (AvgIpc) is 2.54. The molecule has 0 bridgehead atoms. The van der Waals surface area contributed by atoms with E-state index in [9.17, 15) is 4.79 Å². The molecule has 1 aliphatic rings. The molecule has 3 heteroatoms. The minimum atomic E-state index is -0.0664. The van der Waals surface area contributed by atoms with Gasteiger partial charge in [0, 0.05) is 23.1 Å². The van der Waals surface area contributed by atoms with Crippen molar-refractivity contribution >= 4 is 22.3 Å². The van der Waals surface area contributed by atoms with Gasteiger partial charge in [-0.1, -0.05) is 51.1 Å². The van der Waals surface area contributed by atoms with Gasteiger partial charge in [-0.3, -0.25) is 4.79 Å². The molecular formula is C20H20N2O. The van der Waals surface area contributed by atoms with Crippen LogP contribution in [0, 0.1) is 0 Å². The van der Waals surface area contributed by atoms with Crippen LogP contribution in [-0.2, 0) is 0 Å². The molecule has 2 heterocycles. The van der Waals surface area contributed by atoms with Crippen LogP contribution in [0.25, 0.3) is 10.9 Å². The second-order valence-electron chi connectivity index (χ2n) is 6.63. The van der Waals surface area contributed by atoms with Crippen molar-refractivity contribution in [3.8, 4) is 0 Å². The lowest BCUT2D eigenvalue weighted by Gasteiger charge is -2.30. The number of fused-ring (bicyclic) bond motifs is 4. The first-order valence-electron chi connectivity index (χ1n) is 8.12.